The van der Waals surface area contributed by atoms with Crippen LogP contribution in [0.4, 0.5) is 5.82 Å². The van der Waals surface area contributed by atoms with Crippen LogP contribution in [0.1, 0.15) is 55.4 Å². The molecule has 0 unspecified atom stereocenters. The van der Waals surface area contributed by atoms with E-state index in [1.165, 1.54) is 6.20 Å². The van der Waals surface area contributed by atoms with E-state index in [-0.39, 0.29) is 5.82 Å². The Morgan fingerprint density at radius 2 is 1.20 bits per heavy atom. The maximum atomic E-state index is 13.9. The summed E-state index contributed by atoms with van der Waals surface area (Å²) in [4.78, 5) is 17.4. The van der Waals surface area contributed by atoms with Crippen LogP contribution in [0.2, 0.25) is 0 Å². The van der Waals surface area contributed by atoms with Gasteiger partial charge in [-0.2, -0.15) is 0 Å². The van der Waals surface area contributed by atoms with Gasteiger partial charge in [-0.05, 0) is 67.5 Å². The molecule has 11 heteroatoms. The van der Waals surface area contributed by atoms with Crippen molar-refractivity contribution in [2.24, 2.45) is 0 Å². The number of carbonyl (C=O) groups excluding carboxylic acids is 1. The number of hydrogen-bond donors (Lipinski definition) is 1. The number of hydrogen-bond acceptors (Lipinski definition) is 8. The van der Waals surface area contributed by atoms with E-state index in [1.807, 2.05) is 0 Å². The SMILES string of the molecule is CC(C)OP(=O)(OC(C)C)C(C(=O)Nc1ccccn1)P(=O)(OC(C)C)OC(C)C. The van der Waals surface area contributed by atoms with Gasteiger partial charge >= 0.3 is 15.2 Å². The summed E-state index contributed by atoms with van der Waals surface area (Å²) in [5.74, 6) is -0.697. The van der Waals surface area contributed by atoms with E-state index in [1.54, 1.807) is 73.6 Å². The van der Waals surface area contributed by atoms with E-state index in [0.717, 1.165) is 0 Å². The zero-order valence-electron chi connectivity index (χ0n) is 18.9. The second kappa shape index (κ2) is 11.5. The number of nitrogens with zero attached hydrogens (tertiary/aromatic N) is 1. The van der Waals surface area contributed by atoms with E-state index in [0.29, 0.717) is 0 Å². The van der Waals surface area contributed by atoms with Gasteiger partial charge in [-0.15, -0.1) is 0 Å². The Kier molecular flexibility index (Phi) is 10.3. The van der Waals surface area contributed by atoms with Crippen LogP contribution in [-0.2, 0) is 32.0 Å². The molecule has 1 aromatic rings. The molecule has 0 bridgehead atoms. The summed E-state index contributed by atoms with van der Waals surface area (Å²) < 4.78 is 50.2. The highest BCUT2D eigenvalue weighted by molar-refractivity contribution is 7.74. The molecule has 1 amide bonds. The first-order valence-electron chi connectivity index (χ1n) is 9.94. The zero-order valence-corrected chi connectivity index (χ0v) is 20.7. The van der Waals surface area contributed by atoms with Crippen LogP contribution in [0, 0.1) is 0 Å². The molecule has 0 aromatic carbocycles. The van der Waals surface area contributed by atoms with Crippen molar-refractivity contribution in [1.82, 2.24) is 4.98 Å². The summed E-state index contributed by atoms with van der Waals surface area (Å²) >= 11 is 0. The molecule has 0 radical (unpaired) electrons. The highest BCUT2D eigenvalue weighted by Crippen LogP contribution is 2.72. The van der Waals surface area contributed by atoms with Crippen LogP contribution in [0.25, 0.3) is 0 Å². The molecule has 30 heavy (non-hydrogen) atoms. The summed E-state index contributed by atoms with van der Waals surface area (Å²) in [5, 5.41) is 0.686. The van der Waals surface area contributed by atoms with Gasteiger partial charge in [0.05, 0.1) is 24.4 Å². The van der Waals surface area contributed by atoms with Crippen molar-refractivity contribution in [3.63, 3.8) is 0 Å². The highest BCUT2D eigenvalue weighted by atomic mass is 31.2. The smallest absolute Gasteiger partial charge is 0.309 e. The van der Waals surface area contributed by atoms with Crippen molar-refractivity contribution in [3.05, 3.63) is 24.4 Å². The molecule has 1 heterocycles. The molecule has 172 valence electrons. The van der Waals surface area contributed by atoms with Gasteiger partial charge in [-0.25, -0.2) is 4.98 Å². The molecule has 0 atom stereocenters. The van der Waals surface area contributed by atoms with Crippen LogP contribution in [0.5, 0.6) is 0 Å². The van der Waals surface area contributed by atoms with E-state index in [2.05, 4.69) is 10.3 Å². The second-order valence-electron chi connectivity index (χ2n) is 7.77. The Hall–Kier alpha value is -1.08. The molecule has 0 saturated carbocycles. The molecule has 1 aromatic heterocycles. The maximum absolute atomic E-state index is 13.9. The van der Waals surface area contributed by atoms with Crippen molar-refractivity contribution in [2.75, 3.05) is 5.32 Å². The summed E-state index contributed by atoms with van der Waals surface area (Å²) in [6.07, 6.45) is -0.830. The van der Waals surface area contributed by atoms with Gasteiger partial charge in [0.1, 0.15) is 5.82 Å². The third-order valence-corrected chi connectivity index (χ3v) is 9.41. The lowest BCUT2D eigenvalue weighted by molar-refractivity contribution is -0.115. The first kappa shape index (κ1) is 27.0. The van der Waals surface area contributed by atoms with Crippen LogP contribution < -0.4 is 5.32 Å². The van der Waals surface area contributed by atoms with E-state index < -0.39 is 50.9 Å². The molecule has 0 aliphatic heterocycles. The van der Waals surface area contributed by atoms with Crippen LogP contribution in [0.15, 0.2) is 24.4 Å². The largest absolute Gasteiger partial charge is 0.355 e. The topological polar surface area (TPSA) is 113 Å². The summed E-state index contributed by atoms with van der Waals surface area (Å²) in [5.41, 5.74) is 0. The first-order chi connectivity index (χ1) is 13.8. The number of carbonyl (C=O) groups is 1. The molecular formula is C19H34N2O7P2. The Balaban J connectivity index is 3.59. The average molecular weight is 464 g/mol. The molecule has 0 saturated heterocycles. The number of nitrogens with one attached hydrogen (secondary N) is 1. The Labute approximate surface area is 179 Å². The quantitative estimate of drug-likeness (QED) is 0.407. The monoisotopic (exact) mass is 464 g/mol. The van der Waals surface area contributed by atoms with Gasteiger partial charge in [-0.1, -0.05) is 6.07 Å². The predicted octanol–water partition coefficient (Wildman–Crippen LogP) is 5.43. The van der Waals surface area contributed by atoms with Gasteiger partial charge in [0.15, 0.2) is 0 Å². The van der Waals surface area contributed by atoms with Crippen molar-refractivity contribution in [1.29, 1.82) is 0 Å². The standard InChI is InChI=1S/C19H34N2O7P2/c1-13(2)25-29(23,26-14(3)4)19(18(22)21-17-11-9-10-12-20-17)30(24,27-15(5)6)28-16(7)8/h9-16,19H,1-8H3,(H,20,21,22). The summed E-state index contributed by atoms with van der Waals surface area (Å²) in [6.45, 7) is 13.1. The van der Waals surface area contributed by atoms with Crippen LogP contribution in [-0.4, -0.2) is 40.7 Å². The fraction of sp³-hybridized carbons (Fsp3) is 0.684. The molecule has 0 fully saturated rings. The van der Waals surface area contributed by atoms with Gasteiger partial charge < -0.3 is 23.4 Å². The number of amides is 1. The highest BCUT2D eigenvalue weighted by Gasteiger charge is 2.57. The fourth-order valence-electron chi connectivity index (χ4n) is 2.54. The Morgan fingerprint density at radius 1 is 0.800 bits per heavy atom. The predicted molar refractivity (Wildman–Crippen MR) is 117 cm³/mol. The van der Waals surface area contributed by atoms with Crippen molar-refractivity contribution < 1.29 is 32.0 Å². The molecule has 9 nitrogen and oxygen atoms in total. The molecule has 0 aliphatic carbocycles. The lowest BCUT2D eigenvalue weighted by Crippen LogP contribution is -2.34. The lowest BCUT2D eigenvalue weighted by Gasteiger charge is -2.34. The van der Waals surface area contributed by atoms with Crippen molar-refractivity contribution in [3.8, 4) is 0 Å². The number of pyridine rings is 1. The van der Waals surface area contributed by atoms with Crippen LogP contribution in [0.3, 0.4) is 0 Å². The normalized spacial score (nSPS) is 13.1. The minimum absolute atomic E-state index is 0.189. The number of anilines is 1. The number of aromatic nitrogens is 1. The molecule has 1 rings (SSSR count). The summed E-state index contributed by atoms with van der Waals surface area (Å²) in [7, 11) is -8.64. The third-order valence-electron chi connectivity index (χ3n) is 3.18. The molecule has 0 spiro atoms. The summed E-state index contributed by atoms with van der Waals surface area (Å²) in [6, 6.07) is 4.89. The van der Waals surface area contributed by atoms with Gasteiger partial charge in [0, 0.05) is 6.20 Å². The number of rotatable bonds is 12. The van der Waals surface area contributed by atoms with E-state index >= 15 is 0 Å². The third kappa shape index (κ3) is 8.22. The Bertz CT molecular complexity index is 703. The fourth-order valence-corrected chi connectivity index (χ4v) is 8.20. The maximum Gasteiger partial charge on any atom is 0.355 e. The second-order valence-corrected chi connectivity index (χ2v) is 12.2. The minimum atomic E-state index is -4.32. The zero-order chi connectivity index (χ0) is 23.1. The minimum Gasteiger partial charge on any atom is -0.309 e. The molecular weight excluding hydrogens is 430 g/mol. The first-order valence-corrected chi connectivity index (χ1v) is 13.2. The molecule has 0 aliphatic rings. The van der Waals surface area contributed by atoms with Gasteiger partial charge in [0.25, 0.3) is 5.91 Å². The lowest BCUT2D eigenvalue weighted by atomic mass is 10.4. The van der Waals surface area contributed by atoms with Crippen molar-refractivity contribution in [2.45, 2.75) is 85.2 Å². The van der Waals surface area contributed by atoms with E-state index in [9.17, 15) is 13.9 Å². The molecule has 1 N–H and O–H groups in total. The average Bonchev–Trinajstić information content (AvgIpc) is 2.51. The van der Waals surface area contributed by atoms with Gasteiger partial charge in [-0.3, -0.25) is 13.9 Å². The van der Waals surface area contributed by atoms with E-state index in [4.69, 9.17) is 18.1 Å². The van der Waals surface area contributed by atoms with Crippen LogP contribution >= 0.6 is 15.2 Å². The van der Waals surface area contributed by atoms with Crippen molar-refractivity contribution >= 4 is 26.9 Å². The Morgan fingerprint density at radius 3 is 1.50 bits per heavy atom. The van der Waals surface area contributed by atoms with Gasteiger partial charge in [0.2, 0.25) is 5.40 Å².